The molecule has 0 radical (unpaired) electrons. The van der Waals surface area contributed by atoms with Crippen LogP contribution in [0.1, 0.15) is 5.56 Å². The van der Waals surface area contributed by atoms with Crippen molar-refractivity contribution in [3.63, 3.8) is 0 Å². The molecule has 9 atom stereocenters. The predicted molar refractivity (Wildman–Crippen MR) is 96.5 cm³/mol. The van der Waals surface area contributed by atoms with Gasteiger partial charge in [-0.05, 0) is 5.56 Å². The van der Waals surface area contributed by atoms with Gasteiger partial charge in [-0.1, -0.05) is 30.3 Å². The third-order valence-electron chi connectivity index (χ3n) is 5.18. The Morgan fingerprint density at radius 1 is 0.862 bits per heavy atom. The van der Waals surface area contributed by atoms with Gasteiger partial charge >= 0.3 is 0 Å². The maximum Gasteiger partial charge on any atom is 0.187 e. The standard InChI is InChI=1S/C19H28O10/c20-6-11-14(22)15(23)13(9-26-11)29-19-17(25)18(16(24)12(7-21)28-19)27-8-10-4-2-1-3-5-10/h1-5,11-25H,6-9H2. The summed E-state index contributed by atoms with van der Waals surface area (Å²) < 4.78 is 22.0. The van der Waals surface area contributed by atoms with Crippen LogP contribution in [0.3, 0.4) is 0 Å². The predicted octanol–water partition coefficient (Wildman–Crippen LogP) is -2.49. The van der Waals surface area contributed by atoms with Gasteiger partial charge in [0.15, 0.2) is 6.29 Å². The van der Waals surface area contributed by atoms with Gasteiger partial charge in [0.05, 0.1) is 26.4 Å². The molecule has 3 rings (SSSR count). The molecule has 10 heteroatoms. The van der Waals surface area contributed by atoms with Crippen LogP contribution in [-0.2, 0) is 25.6 Å². The van der Waals surface area contributed by atoms with Gasteiger partial charge in [-0.15, -0.1) is 0 Å². The summed E-state index contributed by atoms with van der Waals surface area (Å²) in [5, 5.41) is 59.9. The van der Waals surface area contributed by atoms with Gasteiger partial charge < -0.3 is 49.6 Å². The quantitative estimate of drug-likeness (QED) is 0.281. The lowest BCUT2D eigenvalue weighted by atomic mass is 9.97. The Kier molecular flexibility index (Phi) is 7.93. The van der Waals surface area contributed by atoms with E-state index in [0.29, 0.717) is 0 Å². The zero-order valence-electron chi connectivity index (χ0n) is 15.7. The third-order valence-corrected chi connectivity index (χ3v) is 5.18. The minimum Gasteiger partial charge on any atom is -0.394 e. The van der Waals surface area contributed by atoms with E-state index in [1.807, 2.05) is 30.3 Å². The fourth-order valence-electron chi connectivity index (χ4n) is 3.44. The fourth-order valence-corrected chi connectivity index (χ4v) is 3.44. The average Bonchev–Trinajstić information content (AvgIpc) is 2.74. The molecule has 1 aromatic carbocycles. The molecule has 1 aromatic rings. The molecule has 29 heavy (non-hydrogen) atoms. The van der Waals surface area contributed by atoms with E-state index in [2.05, 4.69) is 0 Å². The van der Waals surface area contributed by atoms with Gasteiger partial charge in [0.1, 0.15) is 48.8 Å². The minimum absolute atomic E-state index is 0.108. The van der Waals surface area contributed by atoms with E-state index >= 15 is 0 Å². The van der Waals surface area contributed by atoms with Gasteiger partial charge in [-0.25, -0.2) is 0 Å². The number of aliphatic hydroxyl groups is 6. The molecule has 0 saturated carbocycles. The van der Waals surface area contributed by atoms with Crippen LogP contribution in [0.2, 0.25) is 0 Å². The molecule has 0 aromatic heterocycles. The van der Waals surface area contributed by atoms with Gasteiger partial charge in [-0.3, -0.25) is 0 Å². The highest BCUT2D eigenvalue weighted by molar-refractivity contribution is 5.13. The van der Waals surface area contributed by atoms with E-state index in [0.717, 1.165) is 5.56 Å². The van der Waals surface area contributed by atoms with Gasteiger partial charge in [0.25, 0.3) is 0 Å². The summed E-state index contributed by atoms with van der Waals surface area (Å²) in [6.45, 7) is -1.06. The lowest BCUT2D eigenvalue weighted by molar-refractivity contribution is -0.337. The van der Waals surface area contributed by atoms with E-state index in [4.69, 9.17) is 24.1 Å². The number of ether oxygens (including phenoxy) is 4. The summed E-state index contributed by atoms with van der Waals surface area (Å²) in [4.78, 5) is 0. The summed E-state index contributed by atoms with van der Waals surface area (Å²) in [7, 11) is 0. The van der Waals surface area contributed by atoms with Crippen molar-refractivity contribution in [2.24, 2.45) is 0 Å². The van der Waals surface area contributed by atoms with E-state index in [-0.39, 0.29) is 13.2 Å². The Morgan fingerprint density at radius 2 is 1.55 bits per heavy atom. The normalized spacial score (nSPS) is 40.7. The van der Waals surface area contributed by atoms with Crippen LogP contribution in [0, 0.1) is 0 Å². The van der Waals surface area contributed by atoms with Crippen LogP contribution in [0.5, 0.6) is 0 Å². The first-order valence-corrected chi connectivity index (χ1v) is 9.48. The Bertz CT molecular complexity index is 616. The molecule has 2 saturated heterocycles. The minimum atomic E-state index is -1.43. The summed E-state index contributed by atoms with van der Waals surface area (Å²) >= 11 is 0. The zero-order chi connectivity index (χ0) is 21.0. The van der Waals surface area contributed by atoms with Crippen LogP contribution in [0.15, 0.2) is 30.3 Å². The lowest BCUT2D eigenvalue weighted by Gasteiger charge is -2.44. The molecule has 2 fully saturated rings. The average molecular weight is 416 g/mol. The Morgan fingerprint density at radius 3 is 2.21 bits per heavy atom. The topological polar surface area (TPSA) is 158 Å². The van der Waals surface area contributed by atoms with Crippen LogP contribution >= 0.6 is 0 Å². The number of benzene rings is 1. The van der Waals surface area contributed by atoms with Crippen molar-refractivity contribution in [1.29, 1.82) is 0 Å². The first-order valence-electron chi connectivity index (χ1n) is 9.48. The first-order chi connectivity index (χ1) is 14.0. The van der Waals surface area contributed by atoms with Crippen LogP contribution < -0.4 is 0 Å². The molecule has 2 heterocycles. The Labute approximate surface area is 167 Å². The second-order valence-electron chi connectivity index (χ2n) is 7.18. The molecule has 164 valence electrons. The van der Waals surface area contributed by atoms with Gasteiger partial charge in [0.2, 0.25) is 0 Å². The smallest absolute Gasteiger partial charge is 0.187 e. The van der Waals surface area contributed by atoms with Gasteiger partial charge in [0, 0.05) is 0 Å². The molecule has 0 aliphatic carbocycles. The van der Waals surface area contributed by atoms with E-state index in [1.54, 1.807) is 0 Å². The van der Waals surface area contributed by atoms with Crippen molar-refractivity contribution in [3.8, 4) is 0 Å². The van der Waals surface area contributed by atoms with E-state index < -0.39 is 68.3 Å². The van der Waals surface area contributed by atoms with Crippen molar-refractivity contribution in [1.82, 2.24) is 0 Å². The van der Waals surface area contributed by atoms with Crippen molar-refractivity contribution < 1.29 is 49.6 Å². The Balaban J connectivity index is 1.66. The molecule has 0 bridgehead atoms. The fraction of sp³-hybridized carbons (Fsp3) is 0.684. The molecule has 9 unspecified atom stereocenters. The third kappa shape index (κ3) is 5.12. The molecule has 0 spiro atoms. The van der Waals surface area contributed by atoms with Crippen molar-refractivity contribution >= 4 is 0 Å². The second kappa shape index (κ2) is 10.2. The highest BCUT2D eigenvalue weighted by Crippen LogP contribution is 2.28. The monoisotopic (exact) mass is 416 g/mol. The molecule has 2 aliphatic rings. The molecular formula is C19H28O10. The SMILES string of the molecule is OCC1OCC(OC2OC(CO)C(O)C(OCc3ccccc3)C2O)C(O)C1O. The molecule has 2 aliphatic heterocycles. The summed E-state index contributed by atoms with van der Waals surface area (Å²) in [5.41, 5.74) is 0.825. The zero-order valence-corrected chi connectivity index (χ0v) is 15.7. The van der Waals surface area contributed by atoms with Crippen molar-refractivity contribution in [2.45, 2.75) is 61.7 Å². The van der Waals surface area contributed by atoms with Crippen LogP contribution in [-0.4, -0.2) is 106 Å². The summed E-state index contributed by atoms with van der Waals surface area (Å²) in [5.74, 6) is 0. The number of rotatable bonds is 7. The summed E-state index contributed by atoms with van der Waals surface area (Å²) in [6.07, 6.45) is -11.1. The number of hydrogen-bond acceptors (Lipinski definition) is 10. The number of hydrogen-bond donors (Lipinski definition) is 6. The van der Waals surface area contributed by atoms with Gasteiger partial charge in [-0.2, -0.15) is 0 Å². The largest absolute Gasteiger partial charge is 0.394 e. The van der Waals surface area contributed by atoms with Crippen molar-refractivity contribution in [3.05, 3.63) is 35.9 Å². The molecule has 0 amide bonds. The maximum atomic E-state index is 10.6. The first kappa shape index (κ1) is 22.5. The highest BCUT2D eigenvalue weighted by Gasteiger charge is 2.48. The molecule has 10 nitrogen and oxygen atoms in total. The highest BCUT2D eigenvalue weighted by atomic mass is 16.7. The van der Waals surface area contributed by atoms with Crippen LogP contribution in [0.4, 0.5) is 0 Å². The maximum absolute atomic E-state index is 10.6. The molecule has 6 N–H and O–H groups in total. The van der Waals surface area contributed by atoms with Crippen molar-refractivity contribution in [2.75, 3.05) is 19.8 Å². The summed E-state index contributed by atoms with van der Waals surface area (Å²) in [6, 6.07) is 9.15. The lowest BCUT2D eigenvalue weighted by Crippen LogP contribution is -2.63. The second-order valence-corrected chi connectivity index (χ2v) is 7.18. The van der Waals surface area contributed by atoms with Crippen LogP contribution in [0.25, 0.3) is 0 Å². The number of aliphatic hydroxyl groups excluding tert-OH is 6. The molecular weight excluding hydrogens is 388 g/mol. The van der Waals surface area contributed by atoms with E-state index in [1.165, 1.54) is 0 Å². The Hall–Kier alpha value is -1.18. The van der Waals surface area contributed by atoms with E-state index in [9.17, 15) is 25.5 Å².